The Labute approximate surface area is 212 Å². The Morgan fingerprint density at radius 1 is 1.26 bits per heavy atom. The maximum atomic E-state index is 12.4. The van der Waals surface area contributed by atoms with Gasteiger partial charge in [-0.15, -0.1) is 16.8 Å². The van der Waals surface area contributed by atoms with Crippen LogP contribution in [-0.4, -0.2) is 31.3 Å². The molecule has 0 bridgehead atoms. The molecule has 0 spiro atoms. The van der Waals surface area contributed by atoms with Gasteiger partial charge in [0.15, 0.2) is 11.0 Å². The number of allylic oxidation sites excluding steroid dienone is 1. The number of amides is 1. The summed E-state index contributed by atoms with van der Waals surface area (Å²) in [6, 6.07) is 12.0. The van der Waals surface area contributed by atoms with Gasteiger partial charge in [-0.1, -0.05) is 62.3 Å². The first-order valence-electron chi connectivity index (χ1n) is 10.7. The molecule has 0 saturated heterocycles. The van der Waals surface area contributed by atoms with Crippen molar-refractivity contribution in [3.63, 3.8) is 0 Å². The van der Waals surface area contributed by atoms with Crippen LogP contribution in [0.5, 0.6) is 5.75 Å². The minimum absolute atomic E-state index is 0.000190. The van der Waals surface area contributed by atoms with Crippen LogP contribution in [0.15, 0.2) is 60.3 Å². The summed E-state index contributed by atoms with van der Waals surface area (Å²) in [5.41, 5.74) is 1.28. The molecular formula is C24H26ClN5O4S. The zero-order valence-electron chi connectivity index (χ0n) is 19.7. The summed E-state index contributed by atoms with van der Waals surface area (Å²) in [6.07, 6.45) is 1.71. The highest BCUT2D eigenvalue weighted by atomic mass is 35.5. The lowest BCUT2D eigenvalue weighted by Gasteiger charge is -2.19. The number of halogens is 1. The smallest absolute Gasteiger partial charge is 0.289 e. The number of nitro groups is 1. The Morgan fingerprint density at radius 2 is 1.97 bits per heavy atom. The molecule has 0 fully saturated rings. The van der Waals surface area contributed by atoms with Crippen molar-refractivity contribution in [2.45, 2.75) is 44.5 Å². The number of rotatable bonds is 10. The third kappa shape index (κ3) is 7.06. The third-order valence-electron chi connectivity index (χ3n) is 4.95. The molecule has 1 amide bonds. The van der Waals surface area contributed by atoms with Gasteiger partial charge in [0.25, 0.3) is 5.69 Å². The molecule has 35 heavy (non-hydrogen) atoms. The fraction of sp³-hybridized carbons (Fsp3) is 0.292. The van der Waals surface area contributed by atoms with Crippen LogP contribution in [-0.2, 0) is 23.4 Å². The number of anilines is 1. The summed E-state index contributed by atoms with van der Waals surface area (Å²) < 4.78 is 7.71. The summed E-state index contributed by atoms with van der Waals surface area (Å²) in [6.45, 7) is 10.9. The second kappa shape index (κ2) is 11.4. The number of nitrogens with zero attached hydrogens (tertiary/aromatic N) is 4. The Morgan fingerprint density at radius 3 is 2.60 bits per heavy atom. The van der Waals surface area contributed by atoms with E-state index in [1.165, 1.54) is 35.5 Å². The van der Waals surface area contributed by atoms with E-state index in [0.29, 0.717) is 17.5 Å². The van der Waals surface area contributed by atoms with Crippen LogP contribution in [0.4, 0.5) is 11.4 Å². The lowest BCUT2D eigenvalue weighted by molar-refractivity contribution is -0.384. The number of carbonyl (C=O) groups excluding carboxylic acids is 1. The molecule has 3 aromatic rings. The van der Waals surface area contributed by atoms with Gasteiger partial charge in [-0.3, -0.25) is 19.5 Å². The van der Waals surface area contributed by atoms with E-state index in [9.17, 15) is 14.9 Å². The number of benzene rings is 2. The average molecular weight is 516 g/mol. The summed E-state index contributed by atoms with van der Waals surface area (Å²) in [5, 5.41) is 22.6. The number of nitro benzene ring substituents is 1. The van der Waals surface area contributed by atoms with E-state index in [0.717, 1.165) is 5.75 Å². The van der Waals surface area contributed by atoms with Crippen LogP contribution in [0.3, 0.4) is 0 Å². The number of hydrogen-bond acceptors (Lipinski definition) is 7. The van der Waals surface area contributed by atoms with Crippen LogP contribution in [0, 0.1) is 10.1 Å². The lowest BCUT2D eigenvalue weighted by atomic mass is 9.87. The Balaban J connectivity index is 1.62. The van der Waals surface area contributed by atoms with Crippen molar-refractivity contribution in [1.82, 2.24) is 14.8 Å². The average Bonchev–Trinajstić information content (AvgIpc) is 3.19. The summed E-state index contributed by atoms with van der Waals surface area (Å²) in [7, 11) is 0. The maximum absolute atomic E-state index is 12.4. The monoisotopic (exact) mass is 515 g/mol. The summed E-state index contributed by atoms with van der Waals surface area (Å²) in [5.74, 6) is 0.996. The van der Waals surface area contributed by atoms with Crippen LogP contribution in [0.2, 0.25) is 5.02 Å². The summed E-state index contributed by atoms with van der Waals surface area (Å²) in [4.78, 5) is 22.8. The maximum Gasteiger partial charge on any atom is 0.289 e. The fourth-order valence-corrected chi connectivity index (χ4v) is 4.05. The minimum atomic E-state index is -0.604. The van der Waals surface area contributed by atoms with Crippen molar-refractivity contribution in [3.8, 4) is 5.75 Å². The standard InChI is InChI=1S/C24H26ClN5O4S/c1-5-12-29-21(14-34-18-9-6-16(7-10-18)24(2,3)4)27-28-23(29)35-15-22(31)26-17-8-11-19(25)20(13-17)30(32)33/h5-11,13H,1,12,14-15H2,2-4H3,(H,26,31). The van der Waals surface area contributed by atoms with Gasteiger partial charge in [0, 0.05) is 18.3 Å². The molecule has 0 aliphatic heterocycles. The number of thioether (sulfide) groups is 1. The second-order valence-electron chi connectivity index (χ2n) is 8.62. The van der Waals surface area contributed by atoms with Crippen molar-refractivity contribution in [2.75, 3.05) is 11.1 Å². The molecule has 3 rings (SSSR count). The highest BCUT2D eigenvalue weighted by molar-refractivity contribution is 7.99. The van der Waals surface area contributed by atoms with Crippen molar-refractivity contribution in [1.29, 1.82) is 0 Å². The Bertz CT molecular complexity index is 1220. The van der Waals surface area contributed by atoms with E-state index in [-0.39, 0.29) is 40.1 Å². The first-order chi connectivity index (χ1) is 16.6. The normalized spacial score (nSPS) is 11.2. The molecule has 2 aromatic carbocycles. The largest absolute Gasteiger partial charge is 0.486 e. The SMILES string of the molecule is C=CCn1c(COc2ccc(C(C)(C)C)cc2)nnc1SCC(=O)Nc1ccc(Cl)c([N+](=O)[O-])c1. The van der Waals surface area contributed by atoms with Gasteiger partial charge >= 0.3 is 0 Å². The molecule has 0 aliphatic rings. The molecule has 184 valence electrons. The number of aromatic nitrogens is 3. The van der Waals surface area contributed by atoms with Crippen molar-refractivity contribution >= 4 is 40.6 Å². The lowest BCUT2D eigenvalue weighted by Crippen LogP contribution is -2.15. The Hall–Kier alpha value is -3.37. The van der Waals surface area contributed by atoms with Crippen molar-refractivity contribution in [2.24, 2.45) is 0 Å². The van der Waals surface area contributed by atoms with Crippen molar-refractivity contribution in [3.05, 3.63) is 81.6 Å². The summed E-state index contributed by atoms with van der Waals surface area (Å²) >= 11 is 7.00. The number of carbonyl (C=O) groups is 1. The van der Waals surface area contributed by atoms with E-state index in [1.807, 2.05) is 28.8 Å². The van der Waals surface area contributed by atoms with Gasteiger partial charge < -0.3 is 10.1 Å². The van der Waals surface area contributed by atoms with Gasteiger partial charge in [-0.2, -0.15) is 0 Å². The zero-order chi connectivity index (χ0) is 25.6. The predicted octanol–water partition coefficient (Wildman–Crippen LogP) is 5.63. The number of ether oxygens (including phenoxy) is 1. The number of hydrogen-bond donors (Lipinski definition) is 1. The van der Waals surface area contributed by atoms with Gasteiger partial charge in [0.05, 0.1) is 10.7 Å². The van der Waals surface area contributed by atoms with E-state index >= 15 is 0 Å². The van der Waals surface area contributed by atoms with E-state index in [4.69, 9.17) is 16.3 Å². The molecular weight excluding hydrogens is 490 g/mol. The van der Waals surface area contributed by atoms with Gasteiger partial charge in [0.2, 0.25) is 5.91 Å². The first kappa shape index (κ1) is 26.2. The van der Waals surface area contributed by atoms with Crippen molar-refractivity contribution < 1.29 is 14.5 Å². The molecule has 0 saturated carbocycles. The molecule has 9 nitrogen and oxygen atoms in total. The fourth-order valence-electron chi connectivity index (χ4n) is 3.10. The topological polar surface area (TPSA) is 112 Å². The highest BCUT2D eigenvalue weighted by Crippen LogP contribution is 2.28. The van der Waals surface area contributed by atoms with Gasteiger partial charge in [0.1, 0.15) is 17.4 Å². The molecule has 0 radical (unpaired) electrons. The van der Waals surface area contributed by atoms with Crippen LogP contribution in [0.1, 0.15) is 32.2 Å². The first-order valence-corrected chi connectivity index (χ1v) is 12.1. The molecule has 1 N–H and O–H groups in total. The van der Waals surface area contributed by atoms with Crippen LogP contribution >= 0.6 is 23.4 Å². The van der Waals surface area contributed by atoms with E-state index < -0.39 is 4.92 Å². The minimum Gasteiger partial charge on any atom is -0.486 e. The molecule has 0 aliphatic carbocycles. The molecule has 1 heterocycles. The molecule has 1 aromatic heterocycles. The molecule has 0 atom stereocenters. The molecule has 11 heteroatoms. The molecule has 0 unspecified atom stereocenters. The van der Waals surface area contributed by atoms with Gasteiger partial charge in [-0.05, 0) is 35.2 Å². The zero-order valence-corrected chi connectivity index (χ0v) is 21.2. The third-order valence-corrected chi connectivity index (χ3v) is 6.24. The second-order valence-corrected chi connectivity index (χ2v) is 9.97. The quantitative estimate of drug-likeness (QED) is 0.161. The highest BCUT2D eigenvalue weighted by Gasteiger charge is 2.17. The van der Waals surface area contributed by atoms with E-state index in [2.05, 4.69) is 42.9 Å². The van der Waals surface area contributed by atoms with E-state index in [1.54, 1.807) is 6.08 Å². The van der Waals surface area contributed by atoms with Gasteiger partial charge in [-0.25, -0.2) is 0 Å². The van der Waals surface area contributed by atoms with Crippen LogP contribution in [0.25, 0.3) is 0 Å². The predicted molar refractivity (Wildman–Crippen MR) is 137 cm³/mol. The number of nitrogens with one attached hydrogen (secondary N) is 1. The van der Waals surface area contributed by atoms with Crippen LogP contribution < -0.4 is 10.1 Å². The Kier molecular flexibility index (Phi) is 8.52.